The van der Waals surface area contributed by atoms with Crippen molar-refractivity contribution < 1.29 is 9.53 Å². The smallest absolute Gasteiger partial charge is 0.275 e. The number of amides is 1. The summed E-state index contributed by atoms with van der Waals surface area (Å²) in [6.07, 6.45) is 1.61. The molecule has 0 unspecified atom stereocenters. The van der Waals surface area contributed by atoms with Gasteiger partial charge in [-0.25, -0.2) is 5.43 Å². The van der Waals surface area contributed by atoms with Crippen LogP contribution in [0.25, 0.3) is 0 Å². The summed E-state index contributed by atoms with van der Waals surface area (Å²) >= 11 is 0. The number of nitrogens with zero attached hydrogens (tertiary/aromatic N) is 2. The monoisotopic (exact) mass is 325 g/mol. The molecule has 1 amide bonds. The molecule has 2 aromatic carbocycles. The number of hydrogen-bond acceptors (Lipinski definition) is 4. The Kier molecular flexibility index (Phi) is 5.95. The number of benzene rings is 2. The van der Waals surface area contributed by atoms with Gasteiger partial charge in [-0.05, 0) is 43.7 Å². The Bertz CT molecular complexity index is 707. The maximum Gasteiger partial charge on any atom is 0.275 e. The van der Waals surface area contributed by atoms with Crippen molar-refractivity contribution in [1.82, 2.24) is 5.43 Å². The SMILES string of the molecule is CC(C)Oc1ccccc1C(=O)N/N=C\c1ccc(N(C)C)cc1. The first-order valence-corrected chi connectivity index (χ1v) is 7.84. The van der Waals surface area contributed by atoms with Gasteiger partial charge in [0, 0.05) is 19.8 Å². The quantitative estimate of drug-likeness (QED) is 0.655. The van der Waals surface area contributed by atoms with Gasteiger partial charge in [0.25, 0.3) is 5.91 Å². The lowest BCUT2D eigenvalue weighted by Crippen LogP contribution is -2.19. The van der Waals surface area contributed by atoms with Crippen LogP contribution in [0.1, 0.15) is 29.8 Å². The van der Waals surface area contributed by atoms with E-state index in [-0.39, 0.29) is 12.0 Å². The van der Waals surface area contributed by atoms with E-state index in [0.717, 1.165) is 11.3 Å². The highest BCUT2D eigenvalue weighted by atomic mass is 16.5. The van der Waals surface area contributed by atoms with Crippen LogP contribution in [0.2, 0.25) is 0 Å². The molecule has 126 valence electrons. The van der Waals surface area contributed by atoms with E-state index in [4.69, 9.17) is 4.74 Å². The fraction of sp³-hybridized carbons (Fsp3) is 0.263. The van der Waals surface area contributed by atoms with Crippen LogP contribution in [0.4, 0.5) is 5.69 Å². The molecule has 2 rings (SSSR count). The average Bonchev–Trinajstić information content (AvgIpc) is 2.55. The number of carbonyl (C=O) groups excluding carboxylic acids is 1. The minimum atomic E-state index is -0.299. The molecule has 0 aliphatic rings. The van der Waals surface area contributed by atoms with Gasteiger partial charge in [-0.1, -0.05) is 24.3 Å². The topological polar surface area (TPSA) is 53.9 Å². The summed E-state index contributed by atoms with van der Waals surface area (Å²) in [6, 6.07) is 15.0. The van der Waals surface area contributed by atoms with Gasteiger partial charge in [0.1, 0.15) is 5.75 Å². The Hall–Kier alpha value is -2.82. The number of hydrazone groups is 1. The first kappa shape index (κ1) is 17.5. The summed E-state index contributed by atoms with van der Waals surface area (Å²) < 4.78 is 5.65. The zero-order valence-corrected chi connectivity index (χ0v) is 14.5. The molecular formula is C19H23N3O2. The summed E-state index contributed by atoms with van der Waals surface area (Å²) in [7, 11) is 3.97. The van der Waals surface area contributed by atoms with Crippen molar-refractivity contribution in [3.8, 4) is 5.75 Å². The van der Waals surface area contributed by atoms with E-state index >= 15 is 0 Å². The summed E-state index contributed by atoms with van der Waals surface area (Å²) in [4.78, 5) is 14.3. The van der Waals surface area contributed by atoms with E-state index < -0.39 is 0 Å². The van der Waals surface area contributed by atoms with Gasteiger partial charge >= 0.3 is 0 Å². The molecule has 0 saturated carbocycles. The third-order valence-electron chi connectivity index (χ3n) is 3.28. The number of para-hydroxylation sites is 1. The van der Waals surface area contributed by atoms with Gasteiger partial charge in [0.05, 0.1) is 17.9 Å². The second-order valence-electron chi connectivity index (χ2n) is 5.85. The number of carbonyl (C=O) groups is 1. The minimum Gasteiger partial charge on any atom is -0.490 e. The number of ether oxygens (including phenoxy) is 1. The second kappa shape index (κ2) is 8.15. The fourth-order valence-corrected chi connectivity index (χ4v) is 2.10. The highest BCUT2D eigenvalue weighted by molar-refractivity contribution is 5.97. The van der Waals surface area contributed by atoms with E-state index in [9.17, 15) is 4.79 Å². The molecule has 0 saturated heterocycles. The highest BCUT2D eigenvalue weighted by Crippen LogP contribution is 2.19. The molecule has 5 nitrogen and oxygen atoms in total. The number of hydrogen-bond donors (Lipinski definition) is 1. The Morgan fingerprint density at radius 1 is 1.12 bits per heavy atom. The first-order valence-electron chi connectivity index (χ1n) is 7.84. The Morgan fingerprint density at radius 3 is 2.42 bits per heavy atom. The van der Waals surface area contributed by atoms with Crippen molar-refractivity contribution in [3.63, 3.8) is 0 Å². The maximum atomic E-state index is 12.3. The lowest BCUT2D eigenvalue weighted by molar-refractivity contribution is 0.0949. The zero-order valence-electron chi connectivity index (χ0n) is 14.5. The average molecular weight is 325 g/mol. The van der Waals surface area contributed by atoms with Gasteiger partial charge in [-0.15, -0.1) is 0 Å². The molecule has 24 heavy (non-hydrogen) atoms. The van der Waals surface area contributed by atoms with Gasteiger partial charge in [-0.3, -0.25) is 4.79 Å². The third kappa shape index (κ3) is 4.84. The van der Waals surface area contributed by atoms with Crippen LogP contribution in [0.5, 0.6) is 5.75 Å². The van der Waals surface area contributed by atoms with E-state index in [1.807, 2.05) is 63.2 Å². The van der Waals surface area contributed by atoms with Gasteiger partial charge in [0.15, 0.2) is 0 Å². The van der Waals surface area contributed by atoms with E-state index in [2.05, 4.69) is 10.5 Å². The van der Waals surface area contributed by atoms with Crippen molar-refractivity contribution >= 4 is 17.8 Å². The third-order valence-corrected chi connectivity index (χ3v) is 3.28. The number of nitrogens with one attached hydrogen (secondary N) is 1. The molecule has 1 N–H and O–H groups in total. The van der Waals surface area contributed by atoms with E-state index in [0.29, 0.717) is 11.3 Å². The van der Waals surface area contributed by atoms with Crippen molar-refractivity contribution in [3.05, 3.63) is 59.7 Å². The largest absolute Gasteiger partial charge is 0.490 e. The van der Waals surface area contributed by atoms with Crippen molar-refractivity contribution in [2.45, 2.75) is 20.0 Å². The zero-order chi connectivity index (χ0) is 17.5. The summed E-state index contributed by atoms with van der Waals surface area (Å²) in [6.45, 7) is 3.84. The molecule has 5 heteroatoms. The molecule has 0 bridgehead atoms. The Labute approximate surface area is 142 Å². The van der Waals surface area contributed by atoms with Crippen LogP contribution >= 0.6 is 0 Å². The molecule has 0 atom stereocenters. The second-order valence-corrected chi connectivity index (χ2v) is 5.85. The predicted molar refractivity (Wildman–Crippen MR) is 98.0 cm³/mol. The molecule has 0 aromatic heterocycles. The standard InChI is InChI=1S/C19H23N3O2/c1-14(2)24-18-8-6-5-7-17(18)19(23)21-20-13-15-9-11-16(12-10-15)22(3)4/h5-14H,1-4H3,(H,21,23)/b20-13-. The molecule has 0 radical (unpaired) electrons. The normalized spacial score (nSPS) is 10.9. The summed E-state index contributed by atoms with van der Waals surface area (Å²) in [5.74, 6) is 0.253. The van der Waals surface area contributed by atoms with Gasteiger partial charge in [-0.2, -0.15) is 5.10 Å². The minimum absolute atomic E-state index is 0.00216. The summed E-state index contributed by atoms with van der Waals surface area (Å²) in [5, 5.41) is 4.02. The van der Waals surface area contributed by atoms with E-state index in [1.165, 1.54) is 0 Å². The molecular weight excluding hydrogens is 302 g/mol. The van der Waals surface area contributed by atoms with Crippen molar-refractivity contribution in [2.24, 2.45) is 5.10 Å². The lowest BCUT2D eigenvalue weighted by atomic mass is 10.2. The van der Waals surface area contributed by atoms with Crippen LogP contribution < -0.4 is 15.1 Å². The molecule has 0 spiro atoms. The van der Waals surface area contributed by atoms with Crippen LogP contribution in [0.15, 0.2) is 53.6 Å². The van der Waals surface area contributed by atoms with Crippen molar-refractivity contribution in [2.75, 3.05) is 19.0 Å². The highest BCUT2D eigenvalue weighted by Gasteiger charge is 2.12. The Balaban J connectivity index is 2.02. The number of anilines is 1. The lowest BCUT2D eigenvalue weighted by Gasteiger charge is -2.13. The molecule has 0 aliphatic carbocycles. The molecule has 0 heterocycles. The van der Waals surface area contributed by atoms with Gasteiger partial charge < -0.3 is 9.64 Å². The van der Waals surface area contributed by atoms with Crippen LogP contribution in [0, 0.1) is 0 Å². The molecule has 2 aromatic rings. The van der Waals surface area contributed by atoms with Gasteiger partial charge in [0.2, 0.25) is 0 Å². The molecule has 0 fully saturated rings. The first-order chi connectivity index (χ1) is 11.5. The van der Waals surface area contributed by atoms with Crippen LogP contribution in [0.3, 0.4) is 0 Å². The van der Waals surface area contributed by atoms with Crippen LogP contribution in [-0.2, 0) is 0 Å². The Morgan fingerprint density at radius 2 is 1.79 bits per heavy atom. The van der Waals surface area contributed by atoms with Crippen molar-refractivity contribution in [1.29, 1.82) is 0 Å². The summed E-state index contributed by atoms with van der Waals surface area (Å²) in [5.41, 5.74) is 5.02. The van der Waals surface area contributed by atoms with Crippen LogP contribution in [-0.4, -0.2) is 32.3 Å². The maximum absolute atomic E-state index is 12.3. The van der Waals surface area contributed by atoms with E-state index in [1.54, 1.807) is 24.4 Å². The molecule has 0 aliphatic heterocycles. The fourth-order valence-electron chi connectivity index (χ4n) is 2.10. The number of rotatable bonds is 6. The predicted octanol–water partition coefficient (Wildman–Crippen LogP) is 3.30.